The molecule has 0 bridgehead atoms. The molecule has 0 spiro atoms. The third kappa shape index (κ3) is 5.74. The Kier molecular flexibility index (Phi) is 7.54. The van der Waals surface area contributed by atoms with Crippen molar-refractivity contribution in [1.29, 1.82) is 0 Å². The molecule has 1 saturated heterocycles. The SMILES string of the molecule is C[C@H]1OC(O)[C@H](OC(=O)c2ccccc2)[C@@H](OC(=O)c2ccccc2)[C@H]1OC(=O)c1ccccc1. The zero-order valence-corrected chi connectivity index (χ0v) is 18.9. The van der Waals surface area contributed by atoms with Gasteiger partial charge in [-0.3, -0.25) is 0 Å². The van der Waals surface area contributed by atoms with E-state index in [-0.39, 0.29) is 16.7 Å². The van der Waals surface area contributed by atoms with Gasteiger partial charge in [0.1, 0.15) is 0 Å². The van der Waals surface area contributed by atoms with Crippen LogP contribution in [-0.2, 0) is 18.9 Å². The minimum atomic E-state index is -1.63. The van der Waals surface area contributed by atoms with E-state index in [9.17, 15) is 19.5 Å². The standard InChI is InChI=1S/C27H24O8/c1-17-21(33-24(28)18-11-5-2-6-12-18)22(34-25(29)19-13-7-3-8-14-19)23(27(31)32-17)35-26(30)20-15-9-4-10-16-20/h2-17,21-23,27,31H,1H3/t17-,21+,22+,23-,27?/m1/s1. The Labute approximate surface area is 202 Å². The molecule has 1 aliphatic heterocycles. The van der Waals surface area contributed by atoms with E-state index in [1.807, 2.05) is 0 Å². The van der Waals surface area contributed by atoms with Gasteiger partial charge in [0.25, 0.3) is 0 Å². The van der Waals surface area contributed by atoms with Crippen LogP contribution in [0.15, 0.2) is 91.0 Å². The van der Waals surface area contributed by atoms with E-state index in [0.717, 1.165) is 0 Å². The molecule has 35 heavy (non-hydrogen) atoms. The third-order valence-electron chi connectivity index (χ3n) is 5.50. The summed E-state index contributed by atoms with van der Waals surface area (Å²) in [5.41, 5.74) is 0.739. The summed E-state index contributed by atoms with van der Waals surface area (Å²) in [6.45, 7) is 1.56. The van der Waals surface area contributed by atoms with Gasteiger partial charge in [-0.2, -0.15) is 0 Å². The molecule has 1 heterocycles. The molecular weight excluding hydrogens is 452 g/mol. The molecule has 5 atom stereocenters. The summed E-state index contributed by atoms with van der Waals surface area (Å²) >= 11 is 0. The van der Waals surface area contributed by atoms with Crippen LogP contribution in [0.2, 0.25) is 0 Å². The molecule has 0 aromatic heterocycles. The molecule has 4 rings (SSSR count). The maximum absolute atomic E-state index is 12.9. The summed E-state index contributed by atoms with van der Waals surface area (Å²) in [6, 6.07) is 24.6. The zero-order chi connectivity index (χ0) is 24.8. The lowest BCUT2D eigenvalue weighted by Gasteiger charge is -2.42. The van der Waals surface area contributed by atoms with E-state index in [2.05, 4.69) is 0 Å². The topological polar surface area (TPSA) is 108 Å². The molecule has 0 radical (unpaired) electrons. The number of rotatable bonds is 6. The molecule has 180 valence electrons. The summed E-state index contributed by atoms with van der Waals surface area (Å²) in [7, 11) is 0. The molecule has 1 N–H and O–H groups in total. The number of carbonyl (C=O) groups excluding carboxylic acids is 3. The van der Waals surface area contributed by atoms with Gasteiger partial charge >= 0.3 is 17.9 Å². The molecule has 1 fully saturated rings. The van der Waals surface area contributed by atoms with E-state index in [0.29, 0.717) is 0 Å². The van der Waals surface area contributed by atoms with Crippen molar-refractivity contribution < 1.29 is 38.4 Å². The quantitative estimate of drug-likeness (QED) is 0.426. The summed E-state index contributed by atoms with van der Waals surface area (Å²) in [6.07, 6.45) is -6.48. The lowest BCUT2D eigenvalue weighted by atomic mass is 9.98. The van der Waals surface area contributed by atoms with E-state index in [4.69, 9.17) is 18.9 Å². The first-order valence-corrected chi connectivity index (χ1v) is 11.1. The largest absolute Gasteiger partial charge is 0.452 e. The summed E-state index contributed by atoms with van der Waals surface area (Å²) in [5.74, 6) is -2.18. The van der Waals surface area contributed by atoms with Crippen molar-refractivity contribution in [1.82, 2.24) is 0 Å². The highest BCUT2D eigenvalue weighted by molar-refractivity contribution is 5.91. The van der Waals surface area contributed by atoms with Gasteiger partial charge in [-0.05, 0) is 43.3 Å². The predicted octanol–water partition coefficient (Wildman–Crippen LogP) is 3.40. The molecule has 0 amide bonds. The average Bonchev–Trinajstić information content (AvgIpc) is 2.89. The van der Waals surface area contributed by atoms with Gasteiger partial charge in [0.15, 0.2) is 24.6 Å². The van der Waals surface area contributed by atoms with E-state index in [1.165, 1.54) is 0 Å². The van der Waals surface area contributed by atoms with Crippen molar-refractivity contribution in [2.24, 2.45) is 0 Å². The van der Waals surface area contributed by atoms with Crippen molar-refractivity contribution in [3.63, 3.8) is 0 Å². The molecule has 3 aromatic rings. The maximum Gasteiger partial charge on any atom is 0.338 e. The molecule has 0 aliphatic carbocycles. The highest BCUT2D eigenvalue weighted by Gasteiger charge is 2.50. The van der Waals surface area contributed by atoms with Gasteiger partial charge in [-0.25, -0.2) is 14.4 Å². The minimum absolute atomic E-state index is 0.226. The van der Waals surface area contributed by atoms with Crippen LogP contribution in [0, 0.1) is 0 Å². The number of carbonyl (C=O) groups is 3. The second kappa shape index (κ2) is 10.9. The Morgan fingerprint density at radius 1 is 0.600 bits per heavy atom. The number of benzene rings is 3. The lowest BCUT2D eigenvalue weighted by molar-refractivity contribution is -0.275. The number of aliphatic hydroxyl groups is 1. The zero-order valence-electron chi connectivity index (χ0n) is 18.9. The number of hydrogen-bond donors (Lipinski definition) is 1. The normalized spacial score (nSPS) is 23.7. The van der Waals surface area contributed by atoms with Gasteiger partial charge < -0.3 is 24.1 Å². The van der Waals surface area contributed by atoms with Crippen LogP contribution in [0.3, 0.4) is 0 Å². The van der Waals surface area contributed by atoms with Gasteiger partial charge in [0.05, 0.1) is 22.8 Å². The fourth-order valence-electron chi connectivity index (χ4n) is 3.71. The van der Waals surface area contributed by atoms with Crippen LogP contribution in [-0.4, -0.2) is 53.7 Å². The van der Waals surface area contributed by atoms with Gasteiger partial charge in [-0.1, -0.05) is 54.6 Å². The maximum atomic E-state index is 12.9. The van der Waals surface area contributed by atoms with E-state index in [1.54, 1.807) is 97.9 Å². The fourth-order valence-corrected chi connectivity index (χ4v) is 3.71. The molecule has 1 unspecified atom stereocenters. The van der Waals surface area contributed by atoms with Crippen LogP contribution in [0.4, 0.5) is 0 Å². The number of ether oxygens (including phenoxy) is 4. The smallest absolute Gasteiger partial charge is 0.338 e. The van der Waals surface area contributed by atoms with Crippen molar-refractivity contribution in [2.75, 3.05) is 0 Å². The molecule has 8 nitrogen and oxygen atoms in total. The van der Waals surface area contributed by atoms with Crippen LogP contribution in [0.1, 0.15) is 38.0 Å². The number of esters is 3. The highest BCUT2D eigenvalue weighted by Crippen LogP contribution is 2.29. The van der Waals surface area contributed by atoms with Crippen LogP contribution >= 0.6 is 0 Å². The van der Waals surface area contributed by atoms with E-state index < -0.39 is 48.6 Å². The Balaban J connectivity index is 1.63. The first kappa shape index (κ1) is 24.1. The average molecular weight is 476 g/mol. The Bertz CT molecular complexity index is 1080. The van der Waals surface area contributed by atoms with Crippen molar-refractivity contribution in [2.45, 2.75) is 37.6 Å². The summed E-state index contributed by atoms with van der Waals surface area (Å²) < 4.78 is 22.4. The summed E-state index contributed by atoms with van der Waals surface area (Å²) in [5, 5.41) is 10.6. The molecule has 1 aliphatic rings. The number of hydrogen-bond acceptors (Lipinski definition) is 8. The van der Waals surface area contributed by atoms with Crippen molar-refractivity contribution in [3.8, 4) is 0 Å². The second-order valence-corrected chi connectivity index (χ2v) is 7.94. The molecular formula is C27H24O8. The highest BCUT2D eigenvalue weighted by atomic mass is 16.7. The fraction of sp³-hybridized carbons (Fsp3) is 0.222. The number of aliphatic hydroxyl groups excluding tert-OH is 1. The van der Waals surface area contributed by atoms with Gasteiger partial charge in [-0.15, -0.1) is 0 Å². The van der Waals surface area contributed by atoms with Crippen LogP contribution in [0.25, 0.3) is 0 Å². The van der Waals surface area contributed by atoms with Gasteiger partial charge in [0, 0.05) is 0 Å². The monoisotopic (exact) mass is 476 g/mol. The molecule has 0 saturated carbocycles. The summed E-state index contributed by atoms with van der Waals surface area (Å²) in [4.78, 5) is 38.5. The lowest BCUT2D eigenvalue weighted by Crippen LogP contribution is -2.60. The van der Waals surface area contributed by atoms with Crippen LogP contribution < -0.4 is 0 Å². The van der Waals surface area contributed by atoms with Crippen molar-refractivity contribution >= 4 is 17.9 Å². The Morgan fingerprint density at radius 2 is 0.943 bits per heavy atom. The minimum Gasteiger partial charge on any atom is -0.452 e. The molecule has 8 heteroatoms. The van der Waals surface area contributed by atoms with Gasteiger partial charge in [0.2, 0.25) is 0 Å². The predicted molar refractivity (Wildman–Crippen MR) is 123 cm³/mol. The van der Waals surface area contributed by atoms with Crippen LogP contribution in [0.5, 0.6) is 0 Å². The first-order chi connectivity index (χ1) is 16.9. The van der Waals surface area contributed by atoms with E-state index >= 15 is 0 Å². The Morgan fingerprint density at radius 3 is 1.34 bits per heavy atom. The van der Waals surface area contributed by atoms with Crippen molar-refractivity contribution in [3.05, 3.63) is 108 Å². The first-order valence-electron chi connectivity index (χ1n) is 11.1. The molecule has 3 aromatic carbocycles. The third-order valence-corrected chi connectivity index (χ3v) is 5.50. The second-order valence-electron chi connectivity index (χ2n) is 7.94. The Hall–Kier alpha value is -4.01.